The number of hydrogen-bond acceptors (Lipinski definition) is 2. The minimum Gasteiger partial charge on any atom is -0.350 e. The zero-order chi connectivity index (χ0) is 10.1. The molecule has 0 saturated heterocycles. The first-order valence-corrected chi connectivity index (χ1v) is 5.02. The van der Waals surface area contributed by atoms with E-state index in [2.05, 4.69) is 10.4 Å². The first-order valence-electron chi connectivity index (χ1n) is 5.02. The fourth-order valence-electron chi connectivity index (χ4n) is 1.34. The molecule has 4 nitrogen and oxygen atoms in total. The second kappa shape index (κ2) is 3.44. The van der Waals surface area contributed by atoms with Crippen molar-refractivity contribution in [3.8, 4) is 0 Å². The number of nitrogens with zero attached hydrogens (tertiary/aromatic N) is 2. The Hall–Kier alpha value is -1.32. The lowest BCUT2D eigenvalue weighted by Crippen LogP contribution is -2.29. The van der Waals surface area contributed by atoms with E-state index in [0.717, 1.165) is 0 Å². The minimum absolute atomic E-state index is 0.0353. The van der Waals surface area contributed by atoms with Crippen molar-refractivity contribution in [2.45, 2.75) is 38.8 Å². The van der Waals surface area contributed by atoms with E-state index in [1.54, 1.807) is 6.20 Å². The van der Waals surface area contributed by atoms with Crippen molar-refractivity contribution in [3.63, 3.8) is 0 Å². The molecule has 4 heteroatoms. The van der Waals surface area contributed by atoms with Crippen LogP contribution in [0.5, 0.6) is 0 Å². The van der Waals surface area contributed by atoms with Crippen molar-refractivity contribution < 1.29 is 4.79 Å². The lowest BCUT2D eigenvalue weighted by molar-refractivity contribution is 0.0943. The second-order valence-corrected chi connectivity index (χ2v) is 4.07. The van der Waals surface area contributed by atoms with Crippen molar-refractivity contribution >= 4 is 5.91 Å². The Balaban J connectivity index is 2.04. The number of nitrogens with one attached hydrogen (secondary N) is 1. The molecule has 0 spiro atoms. The molecule has 0 aliphatic heterocycles. The third kappa shape index (κ3) is 1.95. The van der Waals surface area contributed by atoms with Crippen LogP contribution in [0.25, 0.3) is 0 Å². The Morgan fingerprint density at radius 3 is 2.93 bits per heavy atom. The molecule has 1 amide bonds. The van der Waals surface area contributed by atoms with Crippen LogP contribution < -0.4 is 5.32 Å². The molecule has 0 bridgehead atoms. The summed E-state index contributed by atoms with van der Waals surface area (Å²) in [6.07, 6.45) is 5.84. The van der Waals surface area contributed by atoms with Crippen LogP contribution in [0, 0.1) is 0 Å². The van der Waals surface area contributed by atoms with Crippen LogP contribution in [0.4, 0.5) is 0 Å². The van der Waals surface area contributed by atoms with Gasteiger partial charge in [-0.05, 0) is 26.7 Å². The first kappa shape index (κ1) is 9.24. The maximum atomic E-state index is 11.5. The van der Waals surface area contributed by atoms with E-state index in [1.807, 2.05) is 24.7 Å². The Morgan fingerprint density at radius 1 is 1.64 bits per heavy atom. The molecular formula is C10H15N3O. The molecule has 1 N–H and O–H groups in total. The summed E-state index contributed by atoms with van der Waals surface area (Å²) in [7, 11) is 0. The van der Waals surface area contributed by atoms with E-state index in [4.69, 9.17) is 0 Å². The van der Waals surface area contributed by atoms with Gasteiger partial charge in [-0.2, -0.15) is 5.10 Å². The summed E-state index contributed by atoms with van der Waals surface area (Å²) >= 11 is 0. The Labute approximate surface area is 83.3 Å². The zero-order valence-electron chi connectivity index (χ0n) is 8.53. The van der Waals surface area contributed by atoms with E-state index in [1.165, 1.54) is 12.8 Å². The zero-order valence-corrected chi connectivity index (χ0v) is 8.53. The summed E-state index contributed by atoms with van der Waals surface area (Å²) in [5.41, 5.74) is 0.658. The SMILES string of the molecule is CC(C)NC(=O)c1cnn(C2CC2)c1. The number of carbonyl (C=O) groups excluding carboxylic acids is 1. The van der Waals surface area contributed by atoms with Crippen molar-refractivity contribution in [1.82, 2.24) is 15.1 Å². The van der Waals surface area contributed by atoms with Crippen LogP contribution in [0.15, 0.2) is 12.4 Å². The number of hydrogen-bond donors (Lipinski definition) is 1. The van der Waals surface area contributed by atoms with Gasteiger partial charge in [0.2, 0.25) is 0 Å². The largest absolute Gasteiger partial charge is 0.350 e. The van der Waals surface area contributed by atoms with Gasteiger partial charge in [-0.3, -0.25) is 9.48 Å². The number of aromatic nitrogens is 2. The average molecular weight is 193 g/mol. The van der Waals surface area contributed by atoms with Crippen molar-refractivity contribution in [2.75, 3.05) is 0 Å². The fourth-order valence-corrected chi connectivity index (χ4v) is 1.34. The molecule has 14 heavy (non-hydrogen) atoms. The normalized spacial score (nSPS) is 15.9. The van der Waals surface area contributed by atoms with Gasteiger partial charge >= 0.3 is 0 Å². The van der Waals surface area contributed by atoms with E-state index in [-0.39, 0.29) is 11.9 Å². The van der Waals surface area contributed by atoms with Gasteiger partial charge in [0.25, 0.3) is 5.91 Å². The molecular weight excluding hydrogens is 178 g/mol. The molecule has 76 valence electrons. The second-order valence-electron chi connectivity index (χ2n) is 4.07. The number of rotatable bonds is 3. The molecule has 1 aliphatic carbocycles. The highest BCUT2D eigenvalue weighted by atomic mass is 16.1. The molecule has 1 heterocycles. The Morgan fingerprint density at radius 2 is 2.36 bits per heavy atom. The van der Waals surface area contributed by atoms with E-state index >= 15 is 0 Å². The van der Waals surface area contributed by atoms with Crippen LogP contribution in [0.3, 0.4) is 0 Å². The molecule has 0 atom stereocenters. The van der Waals surface area contributed by atoms with Crippen LogP contribution in [0.1, 0.15) is 43.1 Å². The van der Waals surface area contributed by atoms with Gasteiger partial charge in [-0.1, -0.05) is 0 Å². The topological polar surface area (TPSA) is 46.9 Å². The minimum atomic E-state index is -0.0353. The summed E-state index contributed by atoms with van der Waals surface area (Å²) in [6.45, 7) is 3.90. The first-order chi connectivity index (χ1) is 6.66. The highest BCUT2D eigenvalue weighted by molar-refractivity contribution is 5.93. The fraction of sp³-hybridized carbons (Fsp3) is 0.600. The van der Waals surface area contributed by atoms with E-state index in [0.29, 0.717) is 11.6 Å². The summed E-state index contributed by atoms with van der Waals surface area (Å²) < 4.78 is 1.88. The summed E-state index contributed by atoms with van der Waals surface area (Å²) in [5.74, 6) is -0.0353. The number of amides is 1. The van der Waals surface area contributed by atoms with Crippen molar-refractivity contribution in [3.05, 3.63) is 18.0 Å². The Bertz CT molecular complexity index is 339. The highest BCUT2D eigenvalue weighted by Crippen LogP contribution is 2.33. The smallest absolute Gasteiger partial charge is 0.254 e. The quantitative estimate of drug-likeness (QED) is 0.787. The lowest BCUT2D eigenvalue weighted by Gasteiger charge is -2.05. The molecule has 0 radical (unpaired) electrons. The Kier molecular flexibility index (Phi) is 2.27. The van der Waals surface area contributed by atoms with Gasteiger partial charge in [0.05, 0.1) is 17.8 Å². The monoisotopic (exact) mass is 193 g/mol. The number of carbonyl (C=O) groups is 1. The third-order valence-electron chi connectivity index (χ3n) is 2.20. The molecule has 1 saturated carbocycles. The van der Waals surface area contributed by atoms with Gasteiger partial charge in [0.15, 0.2) is 0 Å². The molecule has 1 aliphatic rings. The standard InChI is InChI=1S/C10H15N3O/c1-7(2)12-10(14)8-5-11-13(6-8)9-3-4-9/h5-7,9H,3-4H2,1-2H3,(H,12,14). The van der Waals surface area contributed by atoms with Gasteiger partial charge in [0, 0.05) is 12.2 Å². The van der Waals surface area contributed by atoms with Gasteiger partial charge < -0.3 is 5.32 Å². The maximum Gasteiger partial charge on any atom is 0.254 e. The summed E-state index contributed by atoms with van der Waals surface area (Å²) in [6, 6.07) is 0.711. The molecule has 1 aromatic rings. The molecule has 1 fully saturated rings. The van der Waals surface area contributed by atoms with E-state index in [9.17, 15) is 4.79 Å². The van der Waals surface area contributed by atoms with Gasteiger partial charge in [-0.25, -0.2) is 0 Å². The summed E-state index contributed by atoms with van der Waals surface area (Å²) in [5, 5.41) is 7.00. The predicted octanol–water partition coefficient (Wildman–Crippen LogP) is 1.36. The maximum absolute atomic E-state index is 11.5. The predicted molar refractivity (Wildman–Crippen MR) is 53.1 cm³/mol. The van der Waals surface area contributed by atoms with Gasteiger partial charge in [-0.15, -0.1) is 0 Å². The molecule has 0 aromatic carbocycles. The van der Waals surface area contributed by atoms with Crippen LogP contribution in [-0.4, -0.2) is 21.7 Å². The highest BCUT2D eigenvalue weighted by Gasteiger charge is 2.24. The van der Waals surface area contributed by atoms with Gasteiger partial charge in [0.1, 0.15) is 0 Å². The van der Waals surface area contributed by atoms with E-state index < -0.39 is 0 Å². The van der Waals surface area contributed by atoms with Crippen molar-refractivity contribution in [1.29, 1.82) is 0 Å². The third-order valence-corrected chi connectivity index (χ3v) is 2.20. The van der Waals surface area contributed by atoms with Crippen molar-refractivity contribution in [2.24, 2.45) is 0 Å². The summed E-state index contributed by atoms with van der Waals surface area (Å²) in [4.78, 5) is 11.5. The molecule has 1 aromatic heterocycles. The lowest BCUT2D eigenvalue weighted by atomic mass is 10.3. The molecule has 2 rings (SSSR count). The van der Waals surface area contributed by atoms with Crippen LogP contribution in [-0.2, 0) is 0 Å². The average Bonchev–Trinajstić information content (AvgIpc) is 2.82. The van der Waals surface area contributed by atoms with Crippen LogP contribution >= 0.6 is 0 Å². The van der Waals surface area contributed by atoms with Crippen LogP contribution in [0.2, 0.25) is 0 Å². The molecule has 0 unspecified atom stereocenters.